The van der Waals surface area contributed by atoms with Gasteiger partial charge in [-0.15, -0.1) is 0 Å². The molecule has 3 rings (SSSR count). The molecule has 2 aliphatic rings. The number of rotatable bonds is 6. The Hall–Kier alpha value is -1.82. The zero-order chi connectivity index (χ0) is 19.1. The zero-order valence-electron chi connectivity index (χ0n) is 17.0. The Morgan fingerprint density at radius 3 is 2.85 bits per heavy atom. The van der Waals surface area contributed by atoms with Gasteiger partial charge in [0.1, 0.15) is 6.10 Å². The lowest BCUT2D eigenvalue weighted by Crippen LogP contribution is -2.39. The van der Waals surface area contributed by atoms with Crippen LogP contribution in [0.25, 0.3) is 0 Å². The zero-order valence-corrected chi connectivity index (χ0v) is 17.0. The van der Waals surface area contributed by atoms with Crippen molar-refractivity contribution in [1.82, 2.24) is 15.2 Å². The third-order valence-electron chi connectivity index (χ3n) is 5.70. The quantitative estimate of drug-likeness (QED) is 0.612. The summed E-state index contributed by atoms with van der Waals surface area (Å²) in [5.41, 5.74) is 1.16. The molecule has 1 atom stereocenters. The van der Waals surface area contributed by atoms with Gasteiger partial charge in [-0.3, -0.25) is 4.99 Å². The maximum atomic E-state index is 6.12. The number of nitrogens with one attached hydrogen (secondary N) is 1. The van der Waals surface area contributed by atoms with Crippen LogP contribution >= 0.6 is 0 Å². The van der Waals surface area contributed by atoms with Crippen LogP contribution in [0.1, 0.15) is 44.6 Å². The predicted octanol–water partition coefficient (Wildman–Crippen LogP) is 3.08. The summed E-state index contributed by atoms with van der Waals surface area (Å²) >= 11 is 0. The van der Waals surface area contributed by atoms with E-state index in [0.717, 1.165) is 68.8 Å². The van der Waals surface area contributed by atoms with Crippen LogP contribution in [0.5, 0.6) is 5.88 Å². The van der Waals surface area contributed by atoms with Crippen LogP contribution in [0, 0.1) is 11.8 Å². The first-order chi connectivity index (χ1) is 13.2. The Morgan fingerprint density at radius 2 is 2.11 bits per heavy atom. The first-order valence-electron chi connectivity index (χ1n) is 10.2. The Bertz CT molecular complexity index is 614. The molecule has 2 heterocycles. The SMILES string of the molecule is CN=C(NCc1ccnc(OC2CCC(C)CC2)c1)N1CCC(COC)C1. The van der Waals surface area contributed by atoms with E-state index < -0.39 is 0 Å². The lowest BCUT2D eigenvalue weighted by Gasteiger charge is -2.26. The van der Waals surface area contributed by atoms with Crippen molar-refractivity contribution in [3.8, 4) is 5.88 Å². The summed E-state index contributed by atoms with van der Waals surface area (Å²) < 4.78 is 11.4. The fourth-order valence-electron chi connectivity index (χ4n) is 4.05. The van der Waals surface area contributed by atoms with Crippen LogP contribution in [0.2, 0.25) is 0 Å². The molecule has 1 aliphatic carbocycles. The van der Waals surface area contributed by atoms with Gasteiger partial charge in [0.25, 0.3) is 0 Å². The van der Waals surface area contributed by atoms with Crippen LogP contribution in [0.15, 0.2) is 23.3 Å². The van der Waals surface area contributed by atoms with Crippen LogP contribution in [-0.2, 0) is 11.3 Å². The van der Waals surface area contributed by atoms with Crippen molar-refractivity contribution in [3.63, 3.8) is 0 Å². The van der Waals surface area contributed by atoms with Gasteiger partial charge in [-0.25, -0.2) is 4.98 Å². The van der Waals surface area contributed by atoms with Gasteiger partial charge in [-0.2, -0.15) is 0 Å². The molecule has 6 heteroatoms. The highest BCUT2D eigenvalue weighted by Gasteiger charge is 2.24. The standard InChI is InChI=1S/C21H34N4O2/c1-16-4-6-19(7-5-16)27-20-12-17(8-10-23-20)13-24-21(22-2)25-11-9-18(14-25)15-26-3/h8,10,12,16,18-19H,4-7,9,11,13-15H2,1-3H3,(H,22,24). The minimum Gasteiger partial charge on any atom is -0.474 e. The minimum atomic E-state index is 0.312. The number of pyridine rings is 1. The molecule has 0 radical (unpaired) electrons. The fraction of sp³-hybridized carbons (Fsp3) is 0.714. The molecule has 1 unspecified atom stereocenters. The van der Waals surface area contributed by atoms with Gasteiger partial charge in [-0.05, 0) is 49.7 Å². The summed E-state index contributed by atoms with van der Waals surface area (Å²) in [5, 5.41) is 3.48. The second kappa shape index (κ2) is 9.93. The highest BCUT2D eigenvalue weighted by molar-refractivity contribution is 5.80. The third-order valence-corrected chi connectivity index (χ3v) is 5.70. The molecule has 1 saturated carbocycles. The Labute approximate surface area is 163 Å². The smallest absolute Gasteiger partial charge is 0.213 e. The normalized spacial score (nSPS) is 26.3. The van der Waals surface area contributed by atoms with Crippen LogP contribution in [0.4, 0.5) is 0 Å². The van der Waals surface area contributed by atoms with E-state index in [1.807, 2.05) is 19.3 Å². The highest BCUT2D eigenvalue weighted by Crippen LogP contribution is 2.26. The number of nitrogens with zero attached hydrogens (tertiary/aromatic N) is 3. The molecule has 150 valence electrons. The van der Waals surface area contributed by atoms with Gasteiger partial charge >= 0.3 is 0 Å². The van der Waals surface area contributed by atoms with Gasteiger partial charge < -0.3 is 19.7 Å². The topological polar surface area (TPSA) is 59.0 Å². The summed E-state index contributed by atoms with van der Waals surface area (Å²) in [6.07, 6.45) is 8.08. The average Bonchev–Trinajstić information content (AvgIpc) is 3.13. The first kappa shape index (κ1) is 19.9. The van der Waals surface area contributed by atoms with Crippen molar-refractivity contribution in [2.75, 3.05) is 33.9 Å². The van der Waals surface area contributed by atoms with E-state index in [0.29, 0.717) is 12.0 Å². The van der Waals surface area contributed by atoms with Crippen molar-refractivity contribution in [2.24, 2.45) is 16.8 Å². The van der Waals surface area contributed by atoms with E-state index in [1.165, 1.54) is 12.8 Å². The number of aromatic nitrogens is 1. The molecule has 0 bridgehead atoms. The van der Waals surface area contributed by atoms with Crippen LogP contribution in [-0.4, -0.2) is 55.8 Å². The molecule has 1 aliphatic heterocycles. The number of guanidine groups is 1. The number of aliphatic imine (C=N–C) groups is 1. The van der Waals surface area contributed by atoms with Crippen molar-refractivity contribution < 1.29 is 9.47 Å². The second-order valence-corrected chi connectivity index (χ2v) is 7.96. The maximum absolute atomic E-state index is 6.12. The number of likely N-dealkylation sites (tertiary alicyclic amines) is 1. The van der Waals surface area contributed by atoms with Crippen LogP contribution in [0.3, 0.4) is 0 Å². The van der Waals surface area contributed by atoms with E-state index in [-0.39, 0.29) is 0 Å². The number of hydrogen-bond acceptors (Lipinski definition) is 4. The molecule has 0 aromatic carbocycles. The Balaban J connectivity index is 1.50. The molecule has 1 aromatic rings. The largest absolute Gasteiger partial charge is 0.474 e. The van der Waals surface area contributed by atoms with Crippen LogP contribution < -0.4 is 10.1 Å². The summed E-state index contributed by atoms with van der Waals surface area (Å²) in [5.74, 6) is 3.11. The molecule has 1 N–H and O–H groups in total. The maximum Gasteiger partial charge on any atom is 0.213 e. The van der Waals surface area contributed by atoms with E-state index >= 15 is 0 Å². The van der Waals surface area contributed by atoms with Gasteiger partial charge in [0.2, 0.25) is 5.88 Å². The Kier molecular flexibility index (Phi) is 7.33. The lowest BCUT2D eigenvalue weighted by molar-refractivity contribution is 0.130. The van der Waals surface area contributed by atoms with E-state index in [2.05, 4.69) is 33.2 Å². The van der Waals surface area contributed by atoms with Gasteiger partial charge in [0.05, 0.1) is 6.61 Å². The first-order valence-corrected chi connectivity index (χ1v) is 10.2. The highest BCUT2D eigenvalue weighted by atomic mass is 16.5. The van der Waals surface area contributed by atoms with Crippen molar-refractivity contribution >= 4 is 5.96 Å². The molecular weight excluding hydrogens is 340 g/mol. The third kappa shape index (κ3) is 5.83. The number of ether oxygens (including phenoxy) is 2. The molecule has 0 spiro atoms. The number of methoxy groups -OCH3 is 1. The molecule has 1 aromatic heterocycles. The summed E-state index contributed by atoms with van der Waals surface area (Å²) in [7, 11) is 3.61. The summed E-state index contributed by atoms with van der Waals surface area (Å²) in [4.78, 5) is 11.2. The molecule has 2 fully saturated rings. The van der Waals surface area contributed by atoms with E-state index in [9.17, 15) is 0 Å². The summed E-state index contributed by atoms with van der Waals surface area (Å²) in [6, 6.07) is 4.09. The van der Waals surface area contributed by atoms with Gasteiger partial charge in [0.15, 0.2) is 5.96 Å². The van der Waals surface area contributed by atoms with Crippen molar-refractivity contribution in [3.05, 3.63) is 23.9 Å². The number of hydrogen-bond donors (Lipinski definition) is 1. The fourth-order valence-corrected chi connectivity index (χ4v) is 4.05. The minimum absolute atomic E-state index is 0.312. The monoisotopic (exact) mass is 374 g/mol. The average molecular weight is 375 g/mol. The van der Waals surface area contributed by atoms with Gasteiger partial charge in [-0.1, -0.05) is 6.92 Å². The predicted molar refractivity (Wildman–Crippen MR) is 108 cm³/mol. The molecule has 6 nitrogen and oxygen atoms in total. The molecule has 0 amide bonds. The van der Waals surface area contributed by atoms with Crippen molar-refractivity contribution in [2.45, 2.75) is 51.7 Å². The molecular formula is C21H34N4O2. The van der Waals surface area contributed by atoms with Gasteiger partial charge in [0, 0.05) is 52.0 Å². The van der Waals surface area contributed by atoms with E-state index in [1.54, 1.807) is 7.11 Å². The Morgan fingerprint density at radius 1 is 1.30 bits per heavy atom. The van der Waals surface area contributed by atoms with E-state index in [4.69, 9.17) is 9.47 Å². The summed E-state index contributed by atoms with van der Waals surface area (Å²) in [6.45, 7) is 5.89. The molecule has 27 heavy (non-hydrogen) atoms. The molecule has 1 saturated heterocycles. The second-order valence-electron chi connectivity index (χ2n) is 7.96. The van der Waals surface area contributed by atoms with Crippen molar-refractivity contribution in [1.29, 1.82) is 0 Å². The lowest BCUT2D eigenvalue weighted by atomic mass is 9.89.